The van der Waals surface area contributed by atoms with Gasteiger partial charge in [0.15, 0.2) is 35.7 Å². The van der Waals surface area contributed by atoms with Crippen molar-refractivity contribution in [1.29, 1.82) is 0 Å². The van der Waals surface area contributed by atoms with Crippen LogP contribution in [0.15, 0.2) is 54.7 Å². The predicted molar refractivity (Wildman–Crippen MR) is 145 cm³/mol. The van der Waals surface area contributed by atoms with Gasteiger partial charge in [-0.15, -0.1) is 0 Å². The molecule has 5 aromatic rings. The number of ether oxygens (including phenoxy) is 4. The van der Waals surface area contributed by atoms with Gasteiger partial charge in [-0.05, 0) is 58.9 Å². The van der Waals surface area contributed by atoms with Crippen LogP contribution in [0.3, 0.4) is 0 Å². The van der Waals surface area contributed by atoms with Crippen LogP contribution in [0, 0.1) is 0 Å². The number of hydrogen-bond acceptors (Lipinski definition) is 4. The third-order valence-corrected chi connectivity index (χ3v) is 7.99. The van der Waals surface area contributed by atoms with Crippen molar-refractivity contribution in [2.45, 2.75) is 39.2 Å². The Morgan fingerprint density at radius 2 is 1.71 bits per heavy atom. The molecule has 2 aliphatic rings. The summed E-state index contributed by atoms with van der Waals surface area (Å²) in [5.74, 6) is 3.76. The standard InChI is InChI=1S/C32H30NO4.BrH/c1-18(2)20-7-5-19(6-8-20)13-22-14-24-23-9-10-26(34-3)31(35-4)25(23)16-33-12-11-21-15-27-32(37-17-36-27)29(22)28(21)30(24)33;/h5-10,14-16,18H,11-13,17H2,1-4H3;1H/q+1;/p-1. The normalized spacial score (nSPS) is 13.5. The molecule has 0 saturated heterocycles. The minimum absolute atomic E-state index is 0. The van der Waals surface area contributed by atoms with E-state index in [4.69, 9.17) is 18.9 Å². The van der Waals surface area contributed by atoms with Crippen LogP contribution in [-0.2, 0) is 19.4 Å². The molecular formula is C32H30BrNO4. The molecule has 0 saturated carbocycles. The van der Waals surface area contributed by atoms with Crippen LogP contribution in [0.4, 0.5) is 0 Å². The first-order valence-electron chi connectivity index (χ1n) is 12.9. The van der Waals surface area contributed by atoms with Crippen LogP contribution >= 0.6 is 0 Å². The summed E-state index contributed by atoms with van der Waals surface area (Å²) in [6.07, 6.45) is 3.97. The summed E-state index contributed by atoms with van der Waals surface area (Å²) in [7, 11) is 3.40. The molecule has 0 bridgehead atoms. The minimum Gasteiger partial charge on any atom is -1.00 e. The summed E-state index contributed by atoms with van der Waals surface area (Å²) in [6.45, 7) is 5.62. The average Bonchev–Trinajstić information content (AvgIpc) is 3.39. The lowest BCUT2D eigenvalue weighted by molar-refractivity contribution is -0.670. The van der Waals surface area contributed by atoms with Gasteiger partial charge in [0.25, 0.3) is 0 Å². The molecule has 38 heavy (non-hydrogen) atoms. The van der Waals surface area contributed by atoms with E-state index < -0.39 is 0 Å². The highest BCUT2D eigenvalue weighted by molar-refractivity contribution is 6.18. The highest BCUT2D eigenvalue weighted by Gasteiger charge is 2.31. The van der Waals surface area contributed by atoms with Crippen molar-refractivity contribution in [1.82, 2.24) is 0 Å². The Balaban J connectivity index is 0.00000264. The van der Waals surface area contributed by atoms with Crippen molar-refractivity contribution >= 4 is 32.4 Å². The Kier molecular flexibility index (Phi) is 6.10. The molecule has 0 fully saturated rings. The van der Waals surface area contributed by atoms with Crippen molar-refractivity contribution < 1.29 is 40.5 Å². The van der Waals surface area contributed by atoms with Gasteiger partial charge >= 0.3 is 0 Å². The SMILES string of the molecule is COc1ccc2c(c[n+]3c4c2cc(Cc2ccc(C(C)C)cc2)c2c5c(cc(c24)CC3)OCO5)c1OC.[Br-]. The summed E-state index contributed by atoms with van der Waals surface area (Å²) < 4.78 is 25.8. The van der Waals surface area contributed by atoms with Crippen molar-refractivity contribution in [3.63, 3.8) is 0 Å². The lowest BCUT2D eigenvalue weighted by Crippen LogP contribution is -3.00. The number of fused-ring (bicyclic) bond motifs is 4. The number of aromatic nitrogens is 1. The molecule has 0 N–H and O–H groups in total. The number of methoxy groups -OCH3 is 2. The second kappa shape index (κ2) is 9.35. The summed E-state index contributed by atoms with van der Waals surface area (Å²) in [4.78, 5) is 0. The van der Waals surface area contributed by atoms with E-state index in [1.165, 1.54) is 43.9 Å². The van der Waals surface area contributed by atoms with E-state index in [2.05, 4.69) is 67.1 Å². The number of rotatable bonds is 5. The number of pyridine rings is 1. The van der Waals surface area contributed by atoms with Crippen LogP contribution in [-0.4, -0.2) is 21.0 Å². The third kappa shape index (κ3) is 3.61. The van der Waals surface area contributed by atoms with E-state index in [-0.39, 0.29) is 23.8 Å². The van der Waals surface area contributed by atoms with Crippen molar-refractivity contribution in [3.8, 4) is 23.0 Å². The monoisotopic (exact) mass is 571 g/mol. The van der Waals surface area contributed by atoms with Crippen LogP contribution in [0.25, 0.3) is 32.4 Å². The second-order valence-corrected chi connectivity index (χ2v) is 10.4. The predicted octanol–water partition coefficient (Wildman–Crippen LogP) is 3.45. The van der Waals surface area contributed by atoms with Gasteiger partial charge in [0.05, 0.1) is 30.4 Å². The molecule has 7 rings (SSSR count). The number of halogens is 1. The summed E-state index contributed by atoms with van der Waals surface area (Å²) in [5, 5.41) is 5.90. The smallest absolute Gasteiger partial charge is 0.231 e. The number of aryl methyl sites for hydroxylation is 2. The number of nitrogens with zero attached hydrogens (tertiary/aromatic N) is 1. The Bertz CT molecular complexity index is 1730. The third-order valence-electron chi connectivity index (χ3n) is 7.99. The molecule has 1 aromatic heterocycles. The van der Waals surface area contributed by atoms with Crippen molar-refractivity contribution in [2.24, 2.45) is 0 Å². The molecule has 4 aromatic carbocycles. The fourth-order valence-corrected chi connectivity index (χ4v) is 6.15. The van der Waals surface area contributed by atoms with Crippen molar-refractivity contribution in [3.05, 3.63) is 77.0 Å². The van der Waals surface area contributed by atoms with Gasteiger partial charge in [-0.1, -0.05) is 38.1 Å². The van der Waals surface area contributed by atoms with Gasteiger partial charge in [0, 0.05) is 17.2 Å². The van der Waals surface area contributed by atoms with E-state index >= 15 is 0 Å². The Morgan fingerprint density at radius 3 is 2.45 bits per heavy atom. The molecule has 0 aliphatic carbocycles. The van der Waals surface area contributed by atoms with Gasteiger partial charge in [0.1, 0.15) is 0 Å². The Hall–Kier alpha value is -3.51. The zero-order chi connectivity index (χ0) is 25.3. The zero-order valence-electron chi connectivity index (χ0n) is 22.1. The number of benzene rings is 4. The van der Waals surface area contributed by atoms with Crippen LogP contribution in [0.1, 0.15) is 42.0 Å². The highest BCUT2D eigenvalue weighted by Crippen LogP contribution is 2.48. The van der Waals surface area contributed by atoms with Crippen LogP contribution in [0.2, 0.25) is 0 Å². The molecule has 5 nitrogen and oxygen atoms in total. The van der Waals surface area contributed by atoms with E-state index in [0.717, 1.165) is 53.2 Å². The molecular weight excluding hydrogens is 542 g/mol. The van der Waals surface area contributed by atoms with Gasteiger partial charge in [-0.2, -0.15) is 4.57 Å². The summed E-state index contributed by atoms with van der Waals surface area (Å²) >= 11 is 0. The van der Waals surface area contributed by atoms with Gasteiger partial charge in [-0.3, -0.25) is 0 Å². The fraction of sp³-hybridized carbons (Fsp3) is 0.281. The lowest BCUT2D eigenvalue weighted by atomic mass is 9.88. The minimum atomic E-state index is 0. The zero-order valence-corrected chi connectivity index (χ0v) is 23.6. The molecule has 0 unspecified atom stereocenters. The lowest BCUT2D eigenvalue weighted by Gasteiger charge is -2.20. The average molecular weight is 572 g/mol. The van der Waals surface area contributed by atoms with Gasteiger partial charge < -0.3 is 35.9 Å². The van der Waals surface area contributed by atoms with Crippen molar-refractivity contribution in [2.75, 3.05) is 21.0 Å². The molecule has 0 amide bonds. The first-order chi connectivity index (χ1) is 18.1. The van der Waals surface area contributed by atoms with Gasteiger partial charge in [-0.25, -0.2) is 0 Å². The van der Waals surface area contributed by atoms with E-state index in [1.807, 2.05) is 6.07 Å². The fourth-order valence-electron chi connectivity index (χ4n) is 6.15. The summed E-state index contributed by atoms with van der Waals surface area (Å²) in [6, 6.07) is 17.7. The molecule has 6 heteroatoms. The molecule has 3 heterocycles. The Morgan fingerprint density at radius 1 is 0.895 bits per heavy atom. The highest BCUT2D eigenvalue weighted by atomic mass is 79.9. The second-order valence-electron chi connectivity index (χ2n) is 10.4. The van der Waals surface area contributed by atoms with E-state index in [0.29, 0.717) is 5.92 Å². The molecule has 0 spiro atoms. The molecule has 194 valence electrons. The topological polar surface area (TPSA) is 40.8 Å². The van der Waals surface area contributed by atoms with Crippen LogP contribution < -0.4 is 40.5 Å². The number of hydrogen-bond donors (Lipinski definition) is 0. The maximum atomic E-state index is 6.09. The molecule has 0 atom stereocenters. The molecule has 2 aliphatic heterocycles. The summed E-state index contributed by atoms with van der Waals surface area (Å²) in [5.41, 5.74) is 6.45. The molecule has 0 radical (unpaired) electrons. The largest absolute Gasteiger partial charge is 1.00 e. The maximum absolute atomic E-state index is 6.09. The maximum Gasteiger partial charge on any atom is 0.231 e. The van der Waals surface area contributed by atoms with E-state index in [1.54, 1.807) is 14.2 Å². The van der Waals surface area contributed by atoms with Gasteiger partial charge in [0.2, 0.25) is 12.3 Å². The Labute approximate surface area is 232 Å². The first-order valence-corrected chi connectivity index (χ1v) is 12.9. The van der Waals surface area contributed by atoms with Crippen LogP contribution in [0.5, 0.6) is 23.0 Å². The first kappa shape index (κ1) is 24.8. The quantitative estimate of drug-likeness (QED) is 0.239. The van der Waals surface area contributed by atoms with E-state index in [9.17, 15) is 0 Å².